The van der Waals surface area contributed by atoms with Crippen molar-refractivity contribution in [3.63, 3.8) is 0 Å². The van der Waals surface area contributed by atoms with Crippen molar-refractivity contribution in [3.8, 4) is 0 Å². The number of rotatable bonds is 6. The van der Waals surface area contributed by atoms with Crippen LogP contribution in [0.4, 0.5) is 5.69 Å². The van der Waals surface area contributed by atoms with Crippen LogP contribution < -0.4 is 4.72 Å². The lowest BCUT2D eigenvalue weighted by atomic mass is 10.1. The zero-order chi connectivity index (χ0) is 19.5. The first kappa shape index (κ1) is 20.3. The van der Waals surface area contributed by atoms with E-state index in [1.807, 2.05) is 26.8 Å². The lowest BCUT2D eigenvalue weighted by Gasteiger charge is -2.18. The van der Waals surface area contributed by atoms with Crippen LogP contribution in [-0.2, 0) is 10.0 Å². The molecule has 0 aliphatic carbocycles. The Bertz CT molecular complexity index is 882. The molecule has 2 aromatic rings. The number of anilines is 1. The summed E-state index contributed by atoms with van der Waals surface area (Å²) in [5.74, 6) is -0.121. The Kier molecular flexibility index (Phi) is 6.31. The lowest BCUT2D eigenvalue weighted by molar-refractivity contribution is 0.0773. The third-order valence-electron chi connectivity index (χ3n) is 4.13. The molecule has 0 aromatic heterocycles. The van der Waals surface area contributed by atoms with E-state index in [1.165, 1.54) is 24.3 Å². The van der Waals surface area contributed by atoms with Crippen LogP contribution in [0, 0.1) is 13.8 Å². The molecule has 2 aromatic carbocycles. The first-order valence-corrected chi connectivity index (χ1v) is 10.2. The minimum Gasteiger partial charge on any atom is -0.339 e. The topological polar surface area (TPSA) is 66.5 Å². The van der Waals surface area contributed by atoms with E-state index in [-0.39, 0.29) is 10.8 Å². The van der Waals surface area contributed by atoms with E-state index in [0.29, 0.717) is 29.4 Å². The second-order valence-corrected chi connectivity index (χ2v) is 8.14. The van der Waals surface area contributed by atoms with Gasteiger partial charge in [-0.15, -0.1) is 0 Å². The molecule has 0 heterocycles. The van der Waals surface area contributed by atoms with Gasteiger partial charge in [-0.3, -0.25) is 9.52 Å². The zero-order valence-electron chi connectivity index (χ0n) is 15.3. The van der Waals surface area contributed by atoms with Crippen molar-refractivity contribution in [1.82, 2.24) is 4.90 Å². The summed E-state index contributed by atoms with van der Waals surface area (Å²) >= 11 is 6.18. The normalized spacial score (nSPS) is 11.3. The third-order valence-corrected chi connectivity index (χ3v) is 5.79. The summed E-state index contributed by atoms with van der Waals surface area (Å²) in [4.78, 5) is 14.1. The number of aryl methyl sites for hydroxylation is 2. The predicted octanol–water partition coefficient (Wildman–Crippen LogP) is 4.24. The SMILES string of the molecule is CCN(CC)C(=O)c1ccc(S(=O)(=O)Nc2c(C)cc(C)cc2Cl)cc1. The Labute approximate surface area is 160 Å². The van der Waals surface area contributed by atoms with E-state index in [2.05, 4.69) is 4.72 Å². The minimum absolute atomic E-state index is 0.0737. The molecule has 1 N–H and O–H groups in total. The molecule has 5 nitrogen and oxygen atoms in total. The summed E-state index contributed by atoms with van der Waals surface area (Å²) in [6, 6.07) is 9.47. The molecule has 0 saturated carbocycles. The maximum atomic E-state index is 12.7. The number of benzene rings is 2. The van der Waals surface area contributed by atoms with Gasteiger partial charge < -0.3 is 4.90 Å². The van der Waals surface area contributed by atoms with Gasteiger partial charge in [0.15, 0.2) is 0 Å². The molecule has 0 atom stereocenters. The van der Waals surface area contributed by atoms with E-state index in [1.54, 1.807) is 17.9 Å². The molecule has 26 heavy (non-hydrogen) atoms. The first-order valence-electron chi connectivity index (χ1n) is 8.38. The van der Waals surface area contributed by atoms with E-state index in [9.17, 15) is 13.2 Å². The van der Waals surface area contributed by atoms with Crippen LogP contribution >= 0.6 is 11.6 Å². The predicted molar refractivity (Wildman–Crippen MR) is 105 cm³/mol. The van der Waals surface area contributed by atoms with Crippen molar-refractivity contribution in [2.24, 2.45) is 0 Å². The van der Waals surface area contributed by atoms with Gasteiger partial charge in [-0.05, 0) is 69.2 Å². The number of carbonyl (C=O) groups is 1. The van der Waals surface area contributed by atoms with Crippen LogP contribution in [-0.4, -0.2) is 32.3 Å². The largest absolute Gasteiger partial charge is 0.339 e. The zero-order valence-corrected chi connectivity index (χ0v) is 16.9. The molecule has 0 fully saturated rings. The second kappa shape index (κ2) is 8.10. The summed E-state index contributed by atoms with van der Waals surface area (Å²) in [5.41, 5.74) is 2.51. The molecule has 7 heteroatoms. The van der Waals surface area contributed by atoms with Crippen molar-refractivity contribution >= 4 is 33.2 Å². The monoisotopic (exact) mass is 394 g/mol. The molecular weight excluding hydrogens is 372 g/mol. The number of amides is 1. The number of hydrogen-bond acceptors (Lipinski definition) is 3. The van der Waals surface area contributed by atoms with Gasteiger partial charge >= 0.3 is 0 Å². The van der Waals surface area contributed by atoms with Gasteiger partial charge in [0.25, 0.3) is 15.9 Å². The van der Waals surface area contributed by atoms with Gasteiger partial charge in [0, 0.05) is 18.7 Å². The van der Waals surface area contributed by atoms with E-state index in [0.717, 1.165) is 11.1 Å². The average molecular weight is 395 g/mol. The highest BCUT2D eigenvalue weighted by Gasteiger charge is 2.19. The van der Waals surface area contributed by atoms with Crippen molar-refractivity contribution in [3.05, 3.63) is 58.1 Å². The van der Waals surface area contributed by atoms with Gasteiger partial charge in [-0.25, -0.2) is 8.42 Å². The molecule has 0 spiro atoms. The van der Waals surface area contributed by atoms with Gasteiger partial charge in [0.1, 0.15) is 0 Å². The van der Waals surface area contributed by atoms with Crippen LogP contribution in [0.3, 0.4) is 0 Å². The molecule has 0 bridgehead atoms. The number of sulfonamides is 1. The van der Waals surface area contributed by atoms with Crippen molar-refractivity contribution in [1.29, 1.82) is 0 Å². The van der Waals surface area contributed by atoms with Crippen molar-refractivity contribution < 1.29 is 13.2 Å². The molecule has 0 radical (unpaired) electrons. The van der Waals surface area contributed by atoms with E-state index < -0.39 is 10.0 Å². The molecule has 0 saturated heterocycles. The summed E-state index contributed by atoms with van der Waals surface area (Å²) in [6.45, 7) is 8.69. The fraction of sp³-hybridized carbons (Fsp3) is 0.316. The molecule has 0 aliphatic heterocycles. The van der Waals surface area contributed by atoms with Crippen molar-refractivity contribution in [2.45, 2.75) is 32.6 Å². The number of carbonyl (C=O) groups excluding carboxylic acids is 1. The van der Waals surface area contributed by atoms with E-state index in [4.69, 9.17) is 11.6 Å². The molecule has 140 valence electrons. The van der Waals surface area contributed by atoms with Gasteiger partial charge in [0.05, 0.1) is 15.6 Å². The second-order valence-electron chi connectivity index (χ2n) is 6.05. The summed E-state index contributed by atoms with van der Waals surface area (Å²) in [6.07, 6.45) is 0. The summed E-state index contributed by atoms with van der Waals surface area (Å²) in [7, 11) is -3.80. The molecule has 1 amide bonds. The molecule has 0 unspecified atom stereocenters. The average Bonchev–Trinajstić information content (AvgIpc) is 2.59. The maximum absolute atomic E-state index is 12.7. The smallest absolute Gasteiger partial charge is 0.261 e. The summed E-state index contributed by atoms with van der Waals surface area (Å²) in [5, 5.41) is 0.347. The number of hydrogen-bond donors (Lipinski definition) is 1. The first-order chi connectivity index (χ1) is 12.2. The minimum atomic E-state index is -3.80. The standard InChI is InChI=1S/C19H23ClN2O3S/c1-5-22(6-2)19(23)15-7-9-16(10-8-15)26(24,25)21-18-14(4)11-13(3)12-17(18)20/h7-12,21H,5-6H2,1-4H3. The molecular formula is C19H23ClN2O3S. The van der Waals surface area contributed by atoms with E-state index >= 15 is 0 Å². The Morgan fingerprint density at radius 1 is 1.08 bits per heavy atom. The van der Waals surface area contributed by atoms with Crippen LogP contribution in [0.25, 0.3) is 0 Å². The number of nitrogens with one attached hydrogen (secondary N) is 1. The Hall–Kier alpha value is -2.05. The Morgan fingerprint density at radius 3 is 2.15 bits per heavy atom. The highest BCUT2D eigenvalue weighted by atomic mass is 35.5. The fourth-order valence-corrected chi connectivity index (χ4v) is 4.28. The quantitative estimate of drug-likeness (QED) is 0.796. The van der Waals surface area contributed by atoms with Gasteiger partial charge in [-0.1, -0.05) is 17.7 Å². The third kappa shape index (κ3) is 4.37. The van der Waals surface area contributed by atoms with Gasteiger partial charge in [0.2, 0.25) is 0 Å². The fourth-order valence-electron chi connectivity index (χ4n) is 2.71. The Morgan fingerprint density at radius 2 is 1.65 bits per heavy atom. The Balaban J connectivity index is 2.29. The maximum Gasteiger partial charge on any atom is 0.261 e. The number of nitrogens with zero attached hydrogens (tertiary/aromatic N) is 1. The highest BCUT2D eigenvalue weighted by Crippen LogP contribution is 2.29. The van der Waals surface area contributed by atoms with Crippen molar-refractivity contribution in [2.75, 3.05) is 17.8 Å². The van der Waals surface area contributed by atoms with Crippen LogP contribution in [0.2, 0.25) is 5.02 Å². The van der Waals surface area contributed by atoms with Gasteiger partial charge in [-0.2, -0.15) is 0 Å². The van der Waals surface area contributed by atoms with Crippen LogP contribution in [0.15, 0.2) is 41.3 Å². The lowest BCUT2D eigenvalue weighted by Crippen LogP contribution is -2.30. The highest BCUT2D eigenvalue weighted by molar-refractivity contribution is 7.92. The van der Waals surface area contributed by atoms with Crippen LogP contribution in [0.1, 0.15) is 35.3 Å². The molecule has 2 rings (SSSR count). The molecule has 0 aliphatic rings. The summed E-state index contributed by atoms with van der Waals surface area (Å²) < 4.78 is 27.8. The number of halogens is 1. The van der Waals surface area contributed by atoms with Crippen LogP contribution in [0.5, 0.6) is 0 Å².